The van der Waals surface area contributed by atoms with E-state index in [-0.39, 0.29) is 5.41 Å². The molecule has 20 heavy (non-hydrogen) atoms. The fourth-order valence-corrected chi connectivity index (χ4v) is 2.01. The van der Waals surface area contributed by atoms with Crippen LogP contribution in [0.1, 0.15) is 32.2 Å². The summed E-state index contributed by atoms with van der Waals surface area (Å²) in [6, 6.07) is 7.51. The Balaban J connectivity index is 2.36. The van der Waals surface area contributed by atoms with Crippen molar-refractivity contribution in [1.82, 2.24) is 9.97 Å². The summed E-state index contributed by atoms with van der Waals surface area (Å²) in [6.45, 7) is 8.13. The van der Waals surface area contributed by atoms with Crippen LogP contribution in [-0.2, 0) is 5.41 Å². The van der Waals surface area contributed by atoms with Crippen LogP contribution in [0.4, 0.5) is 17.3 Å². The monoisotopic (exact) mass is 290 g/mol. The lowest BCUT2D eigenvalue weighted by molar-refractivity contribution is 0.547. The van der Waals surface area contributed by atoms with Crippen LogP contribution in [0.25, 0.3) is 0 Å². The maximum absolute atomic E-state index is 6.21. The molecule has 1 aromatic carbocycles. The van der Waals surface area contributed by atoms with Gasteiger partial charge in [-0.3, -0.25) is 0 Å². The highest BCUT2D eigenvalue weighted by molar-refractivity contribution is 6.33. The fraction of sp³-hybridized carbons (Fsp3) is 0.333. The number of nitrogen functional groups attached to an aromatic ring is 1. The molecule has 0 atom stereocenters. The van der Waals surface area contributed by atoms with Crippen LogP contribution in [0.2, 0.25) is 5.02 Å². The number of aromatic nitrogens is 2. The Morgan fingerprint density at radius 2 is 1.85 bits per heavy atom. The van der Waals surface area contributed by atoms with Gasteiger partial charge in [0, 0.05) is 11.5 Å². The molecule has 0 amide bonds. The minimum absolute atomic E-state index is 0.164. The van der Waals surface area contributed by atoms with E-state index in [0.717, 1.165) is 11.3 Å². The lowest BCUT2D eigenvalue weighted by Crippen LogP contribution is -2.17. The zero-order valence-corrected chi connectivity index (χ0v) is 12.9. The Morgan fingerprint density at radius 1 is 1.15 bits per heavy atom. The van der Waals surface area contributed by atoms with Gasteiger partial charge in [-0.2, -0.15) is 0 Å². The third kappa shape index (κ3) is 3.39. The summed E-state index contributed by atoms with van der Waals surface area (Å²) in [5.74, 6) is 1.78. The van der Waals surface area contributed by atoms with Gasteiger partial charge in [0.05, 0.1) is 10.7 Å². The average Bonchev–Trinajstić information content (AvgIpc) is 2.31. The first-order valence-electron chi connectivity index (χ1n) is 6.44. The van der Waals surface area contributed by atoms with Gasteiger partial charge in [0.1, 0.15) is 17.5 Å². The molecular formula is C15H19ClN4. The molecule has 0 aliphatic carbocycles. The molecule has 0 aliphatic rings. The summed E-state index contributed by atoms with van der Waals surface area (Å²) in [6.07, 6.45) is 0. The quantitative estimate of drug-likeness (QED) is 0.875. The summed E-state index contributed by atoms with van der Waals surface area (Å²) >= 11 is 6.21. The predicted molar refractivity (Wildman–Crippen MR) is 84.6 cm³/mol. The second-order valence-corrected chi connectivity index (χ2v) is 6.27. The van der Waals surface area contributed by atoms with Gasteiger partial charge in [0.25, 0.3) is 0 Å². The summed E-state index contributed by atoms with van der Waals surface area (Å²) in [5.41, 5.74) is 7.59. The second-order valence-electron chi connectivity index (χ2n) is 5.86. The highest BCUT2D eigenvalue weighted by atomic mass is 35.5. The van der Waals surface area contributed by atoms with Crippen molar-refractivity contribution in [3.05, 3.63) is 40.7 Å². The Bertz CT molecular complexity index is 632. The summed E-state index contributed by atoms with van der Waals surface area (Å²) in [4.78, 5) is 8.78. The molecule has 0 fully saturated rings. The molecular weight excluding hydrogens is 272 g/mol. The number of hydrogen-bond acceptors (Lipinski definition) is 4. The Hall–Kier alpha value is -1.81. The maximum atomic E-state index is 6.21. The first kappa shape index (κ1) is 14.6. The summed E-state index contributed by atoms with van der Waals surface area (Å²) < 4.78 is 0. The van der Waals surface area contributed by atoms with Crippen molar-refractivity contribution < 1.29 is 0 Å². The van der Waals surface area contributed by atoms with E-state index in [2.05, 4.69) is 15.3 Å². The van der Waals surface area contributed by atoms with Crippen LogP contribution in [-0.4, -0.2) is 9.97 Å². The minimum Gasteiger partial charge on any atom is -0.384 e. The van der Waals surface area contributed by atoms with Gasteiger partial charge < -0.3 is 11.1 Å². The number of nitrogens with zero attached hydrogens (tertiary/aromatic N) is 2. The Kier molecular flexibility index (Phi) is 3.86. The highest BCUT2D eigenvalue weighted by Gasteiger charge is 2.18. The Morgan fingerprint density at radius 3 is 2.45 bits per heavy atom. The van der Waals surface area contributed by atoms with Crippen LogP contribution in [0, 0.1) is 6.92 Å². The molecule has 0 spiro atoms. The molecule has 2 rings (SSSR count). The van der Waals surface area contributed by atoms with E-state index in [1.807, 2.05) is 45.9 Å². The number of anilines is 3. The van der Waals surface area contributed by atoms with Crippen LogP contribution in [0.15, 0.2) is 24.3 Å². The SMILES string of the molecule is Cc1ccc(Nc2cc(N)nc(C(C)(C)C)n2)c(Cl)c1. The van der Waals surface area contributed by atoms with Crippen molar-refractivity contribution in [2.45, 2.75) is 33.1 Å². The third-order valence-corrected chi connectivity index (χ3v) is 3.12. The Labute approximate surface area is 124 Å². The van der Waals surface area contributed by atoms with Crippen LogP contribution in [0.3, 0.4) is 0 Å². The third-order valence-electron chi connectivity index (χ3n) is 2.80. The number of hydrogen-bond donors (Lipinski definition) is 2. The first-order valence-corrected chi connectivity index (χ1v) is 6.82. The van der Waals surface area contributed by atoms with Crippen molar-refractivity contribution in [2.24, 2.45) is 0 Å². The molecule has 2 aromatic rings. The molecule has 1 aromatic heterocycles. The van der Waals surface area contributed by atoms with Gasteiger partial charge >= 0.3 is 0 Å². The van der Waals surface area contributed by atoms with Gasteiger partial charge in [-0.25, -0.2) is 9.97 Å². The molecule has 5 heteroatoms. The van der Waals surface area contributed by atoms with Gasteiger partial charge in [-0.1, -0.05) is 38.4 Å². The minimum atomic E-state index is -0.164. The van der Waals surface area contributed by atoms with Gasteiger partial charge in [-0.05, 0) is 24.6 Å². The van der Waals surface area contributed by atoms with E-state index < -0.39 is 0 Å². The van der Waals surface area contributed by atoms with E-state index in [9.17, 15) is 0 Å². The van der Waals surface area contributed by atoms with Crippen LogP contribution < -0.4 is 11.1 Å². The van der Waals surface area contributed by atoms with Crippen molar-refractivity contribution >= 4 is 28.9 Å². The number of benzene rings is 1. The summed E-state index contributed by atoms with van der Waals surface area (Å²) in [5, 5.41) is 3.84. The molecule has 3 N–H and O–H groups in total. The second kappa shape index (κ2) is 5.29. The van der Waals surface area contributed by atoms with Crippen molar-refractivity contribution in [2.75, 3.05) is 11.1 Å². The van der Waals surface area contributed by atoms with E-state index >= 15 is 0 Å². The molecule has 0 radical (unpaired) electrons. The largest absolute Gasteiger partial charge is 0.384 e. The lowest BCUT2D eigenvalue weighted by atomic mass is 9.96. The molecule has 106 valence electrons. The van der Waals surface area contributed by atoms with Gasteiger partial charge in [-0.15, -0.1) is 0 Å². The van der Waals surface area contributed by atoms with E-state index in [1.54, 1.807) is 6.07 Å². The molecule has 0 saturated carbocycles. The van der Waals surface area contributed by atoms with E-state index in [1.165, 1.54) is 0 Å². The van der Waals surface area contributed by atoms with Crippen molar-refractivity contribution in [3.63, 3.8) is 0 Å². The first-order chi connectivity index (χ1) is 9.25. The fourth-order valence-electron chi connectivity index (χ4n) is 1.72. The van der Waals surface area contributed by atoms with E-state index in [4.69, 9.17) is 17.3 Å². The smallest absolute Gasteiger partial charge is 0.138 e. The number of halogens is 1. The highest BCUT2D eigenvalue weighted by Crippen LogP contribution is 2.27. The summed E-state index contributed by atoms with van der Waals surface area (Å²) in [7, 11) is 0. The average molecular weight is 291 g/mol. The number of rotatable bonds is 2. The van der Waals surface area contributed by atoms with E-state index in [0.29, 0.717) is 22.5 Å². The number of aryl methyl sites for hydroxylation is 1. The van der Waals surface area contributed by atoms with Gasteiger partial charge in [0.15, 0.2) is 0 Å². The molecule has 4 nitrogen and oxygen atoms in total. The molecule has 1 heterocycles. The van der Waals surface area contributed by atoms with Crippen LogP contribution in [0.5, 0.6) is 0 Å². The molecule has 0 unspecified atom stereocenters. The molecule has 0 bridgehead atoms. The normalized spacial score (nSPS) is 11.4. The maximum Gasteiger partial charge on any atom is 0.138 e. The topological polar surface area (TPSA) is 63.8 Å². The van der Waals surface area contributed by atoms with Crippen molar-refractivity contribution in [3.8, 4) is 0 Å². The predicted octanol–water partition coefficient (Wildman–Crippen LogP) is 4.06. The molecule has 0 aliphatic heterocycles. The zero-order chi connectivity index (χ0) is 14.9. The number of nitrogens with one attached hydrogen (secondary N) is 1. The number of nitrogens with two attached hydrogens (primary N) is 1. The molecule has 0 saturated heterocycles. The van der Waals surface area contributed by atoms with Gasteiger partial charge in [0.2, 0.25) is 0 Å². The zero-order valence-electron chi connectivity index (χ0n) is 12.2. The van der Waals surface area contributed by atoms with Crippen LogP contribution >= 0.6 is 11.6 Å². The lowest BCUT2D eigenvalue weighted by Gasteiger charge is -2.18. The standard InChI is InChI=1S/C15H19ClN4/c1-9-5-6-11(10(16)7-9)18-13-8-12(17)19-14(20-13)15(2,3)4/h5-8H,1-4H3,(H3,17,18,19,20). The van der Waals surface area contributed by atoms with Crippen molar-refractivity contribution in [1.29, 1.82) is 0 Å².